The minimum Gasteiger partial charge on any atom is -1.00 e. The summed E-state index contributed by atoms with van der Waals surface area (Å²) < 4.78 is 11.9. The number of likely N-dealkylation sites (N-methyl/N-ethyl adjacent to an activating group) is 2. The van der Waals surface area contributed by atoms with Gasteiger partial charge in [0.1, 0.15) is 26.3 Å². The molecule has 148 valence electrons. The zero-order valence-electron chi connectivity index (χ0n) is 16.5. The number of nitrogens with zero attached hydrogens (tertiary/aromatic N) is 2. The van der Waals surface area contributed by atoms with Crippen molar-refractivity contribution < 1.29 is 71.2 Å². The van der Waals surface area contributed by atoms with Crippen LogP contribution in [0.15, 0.2) is 0 Å². The van der Waals surface area contributed by atoms with Crippen molar-refractivity contribution in [3.8, 4) is 0 Å². The van der Waals surface area contributed by atoms with Crippen LogP contribution in [-0.2, 0) is 14.3 Å². The Morgan fingerprint density at radius 1 is 0.875 bits per heavy atom. The summed E-state index contributed by atoms with van der Waals surface area (Å²) in [5, 5.41) is 0.756. The Morgan fingerprint density at radius 2 is 1.25 bits per heavy atom. The van der Waals surface area contributed by atoms with E-state index < -0.39 is 0 Å². The van der Waals surface area contributed by atoms with E-state index in [4.69, 9.17) is 21.7 Å². The quantitative estimate of drug-likeness (QED) is 0.126. The average Bonchev–Trinajstić information content (AvgIpc) is 2.25. The van der Waals surface area contributed by atoms with Crippen LogP contribution < -0.4 is 48.0 Å². The van der Waals surface area contributed by atoms with Crippen molar-refractivity contribution >= 4 is 23.2 Å². The molecule has 0 aromatic carbocycles. The van der Waals surface area contributed by atoms with E-state index >= 15 is 0 Å². The lowest BCUT2D eigenvalue weighted by atomic mass is 10.4. The zero-order valence-corrected chi connectivity index (χ0v) is 21.7. The number of esters is 1. The topological polar surface area (TPSA) is 35.5 Å². The fourth-order valence-electron chi connectivity index (χ4n) is 1.17. The Hall–Kier alpha value is 0.740. The van der Waals surface area contributed by atoms with E-state index in [0.717, 1.165) is 46.6 Å². The van der Waals surface area contributed by atoms with Gasteiger partial charge < -0.3 is 66.4 Å². The van der Waals surface area contributed by atoms with Crippen molar-refractivity contribution in [2.24, 2.45) is 0 Å². The fraction of sp³-hybridized carbons (Fsp3) is 0.875. The normalized spacial score (nSPS) is 10.3. The van der Waals surface area contributed by atoms with Crippen LogP contribution in [0.4, 0.5) is 0 Å². The van der Waals surface area contributed by atoms with Gasteiger partial charge in [-0.25, -0.2) is 0 Å². The molecular weight excluding hydrogens is 554 g/mol. The number of ether oxygens (including phenoxy) is 2. The first-order chi connectivity index (χ1) is 9.87. The fourth-order valence-corrected chi connectivity index (χ4v) is 1.46. The van der Waals surface area contributed by atoms with E-state index in [1.165, 1.54) is 6.92 Å². The maximum atomic E-state index is 10.3. The molecule has 0 aliphatic rings. The first kappa shape index (κ1) is 32.4. The van der Waals surface area contributed by atoms with Crippen LogP contribution in [0.1, 0.15) is 26.7 Å². The van der Waals surface area contributed by atoms with Crippen LogP contribution in [0.25, 0.3) is 0 Å². The third-order valence-corrected chi connectivity index (χ3v) is 2.87. The summed E-state index contributed by atoms with van der Waals surface area (Å²) in [6.45, 7) is 6.65. The molecule has 24 heavy (non-hydrogen) atoms. The highest BCUT2D eigenvalue weighted by molar-refractivity contribution is 7.80. The predicted octanol–water partition coefficient (Wildman–Crippen LogP) is -3.90. The number of hydrogen-bond acceptors (Lipinski definition) is 4. The number of halogens is 2. The van der Waals surface area contributed by atoms with E-state index in [2.05, 4.69) is 49.2 Å². The van der Waals surface area contributed by atoms with Gasteiger partial charge in [0, 0.05) is 13.3 Å². The molecule has 0 aliphatic carbocycles. The highest BCUT2D eigenvalue weighted by Crippen LogP contribution is 1.96. The van der Waals surface area contributed by atoms with Gasteiger partial charge in [-0.05, 0) is 18.6 Å². The Balaban J connectivity index is -0.000000156. The van der Waals surface area contributed by atoms with Gasteiger partial charge in [-0.2, -0.15) is 0 Å². The van der Waals surface area contributed by atoms with Crippen LogP contribution >= 0.6 is 12.2 Å². The molecule has 8 heteroatoms. The van der Waals surface area contributed by atoms with Crippen LogP contribution in [0.2, 0.25) is 0 Å². The van der Waals surface area contributed by atoms with E-state index in [-0.39, 0.29) is 53.9 Å². The monoisotopic (exact) mass is 590 g/mol. The Labute approximate surface area is 188 Å². The number of thiocarbonyl (C=S) groups is 1. The average molecular weight is 590 g/mol. The van der Waals surface area contributed by atoms with Crippen molar-refractivity contribution in [3.05, 3.63) is 0 Å². The third-order valence-electron chi connectivity index (χ3n) is 2.55. The van der Waals surface area contributed by atoms with Crippen molar-refractivity contribution in [2.75, 3.05) is 68.6 Å². The Morgan fingerprint density at radius 3 is 1.54 bits per heavy atom. The first-order valence-corrected chi connectivity index (χ1v) is 8.18. The number of hydrogen-bond donors (Lipinski definition) is 0. The van der Waals surface area contributed by atoms with Crippen molar-refractivity contribution in [1.82, 2.24) is 0 Å². The van der Waals surface area contributed by atoms with Crippen molar-refractivity contribution in [3.63, 3.8) is 0 Å². The second-order valence-corrected chi connectivity index (χ2v) is 7.79. The molecule has 0 saturated heterocycles. The van der Waals surface area contributed by atoms with Gasteiger partial charge in [0.25, 0.3) is 0 Å². The second-order valence-electron chi connectivity index (χ2n) is 7.34. The van der Waals surface area contributed by atoms with Crippen molar-refractivity contribution in [2.45, 2.75) is 26.7 Å². The minimum absolute atomic E-state index is 0. The molecule has 0 aromatic rings. The Bertz CT molecular complexity index is 330. The standard InChI is InChI=1S/C9H20NOS.C7H16NO2.2HI/c1-5-6-9(12)11-8-7-10(2,3)4;1-7(9)10-6-5-8(2,3)4;;/h5-8H2,1-4H3;5-6H2,1-4H3;2*1H/q2*+1;;/p-2. The summed E-state index contributed by atoms with van der Waals surface area (Å²) in [5.41, 5.74) is 0. The molecule has 0 aliphatic heterocycles. The number of quaternary nitrogens is 2. The van der Waals surface area contributed by atoms with E-state index in [1.54, 1.807) is 0 Å². The highest BCUT2D eigenvalue weighted by Gasteiger charge is 2.07. The van der Waals surface area contributed by atoms with E-state index in [0.29, 0.717) is 6.61 Å². The summed E-state index contributed by atoms with van der Waals surface area (Å²) in [6, 6.07) is 0. The molecule has 0 unspecified atom stereocenters. The minimum atomic E-state index is -0.201. The molecule has 0 bridgehead atoms. The van der Waals surface area contributed by atoms with Gasteiger partial charge >= 0.3 is 5.97 Å². The molecule has 0 radical (unpaired) electrons. The molecule has 5 nitrogen and oxygen atoms in total. The lowest BCUT2D eigenvalue weighted by Crippen LogP contribution is -3.00. The lowest BCUT2D eigenvalue weighted by Gasteiger charge is -2.23. The summed E-state index contributed by atoms with van der Waals surface area (Å²) in [5.74, 6) is -0.201. The van der Waals surface area contributed by atoms with Crippen molar-refractivity contribution in [1.29, 1.82) is 0 Å². The molecule has 0 amide bonds. The van der Waals surface area contributed by atoms with Gasteiger partial charge in [0.05, 0.1) is 42.3 Å². The number of carbonyl (C=O) groups excluding carboxylic acids is 1. The third kappa shape index (κ3) is 34.2. The predicted molar refractivity (Wildman–Crippen MR) is 95.9 cm³/mol. The van der Waals surface area contributed by atoms with E-state index in [9.17, 15) is 4.79 Å². The molecule has 0 spiro atoms. The maximum absolute atomic E-state index is 10.3. The summed E-state index contributed by atoms with van der Waals surface area (Å²) in [7, 11) is 12.6. The molecule has 0 saturated carbocycles. The van der Waals surface area contributed by atoms with Gasteiger partial charge in [-0.15, -0.1) is 0 Å². The summed E-state index contributed by atoms with van der Waals surface area (Å²) in [4.78, 5) is 10.3. The van der Waals surface area contributed by atoms with Crippen LogP contribution in [0, 0.1) is 0 Å². The van der Waals surface area contributed by atoms with Crippen LogP contribution in [-0.4, -0.2) is 88.6 Å². The van der Waals surface area contributed by atoms with Gasteiger partial charge in [-0.3, -0.25) is 4.79 Å². The second kappa shape index (κ2) is 17.2. The van der Waals surface area contributed by atoms with E-state index in [1.807, 2.05) is 0 Å². The van der Waals surface area contributed by atoms with Crippen LogP contribution in [0.5, 0.6) is 0 Å². The molecular formula is C16H36I2N2O3S. The zero-order chi connectivity index (χ0) is 17.8. The molecule has 0 aromatic heterocycles. The maximum Gasteiger partial charge on any atom is 0.302 e. The molecule has 0 N–H and O–H groups in total. The Kier molecular flexibility index (Phi) is 23.2. The summed E-state index contributed by atoms with van der Waals surface area (Å²) >= 11 is 5.01. The van der Waals surface area contributed by atoms with Crippen LogP contribution in [0.3, 0.4) is 0 Å². The number of carbonyl (C=O) groups is 1. The first-order valence-electron chi connectivity index (χ1n) is 7.77. The molecule has 0 fully saturated rings. The highest BCUT2D eigenvalue weighted by atomic mass is 127. The summed E-state index contributed by atoms with van der Waals surface area (Å²) in [6.07, 6.45) is 1.98. The smallest absolute Gasteiger partial charge is 0.302 e. The van der Waals surface area contributed by atoms with Gasteiger partial charge in [-0.1, -0.05) is 6.92 Å². The molecule has 0 rings (SSSR count). The number of rotatable bonds is 8. The lowest BCUT2D eigenvalue weighted by molar-refractivity contribution is -0.870. The van der Waals surface area contributed by atoms with Gasteiger partial charge in [0.2, 0.25) is 0 Å². The largest absolute Gasteiger partial charge is 1.00 e. The van der Waals surface area contributed by atoms with Gasteiger partial charge in [0.15, 0.2) is 5.05 Å². The molecule has 0 atom stereocenters. The SMILES string of the molecule is CC(=O)OCC[N+](C)(C)C.CCCC(=S)OCC[N+](C)(C)C.[I-].[I-]. The molecule has 0 heterocycles.